The molecular weight excluding hydrogens is 327 g/mol. The van der Waals surface area contributed by atoms with Crippen LogP contribution in [-0.4, -0.2) is 16.5 Å². The van der Waals surface area contributed by atoms with Gasteiger partial charge in [-0.25, -0.2) is 0 Å². The first kappa shape index (κ1) is 16.5. The van der Waals surface area contributed by atoms with E-state index in [0.29, 0.717) is 11.3 Å². The van der Waals surface area contributed by atoms with E-state index in [1.807, 2.05) is 24.3 Å². The fourth-order valence-electron chi connectivity index (χ4n) is 3.38. The second kappa shape index (κ2) is 6.65. The summed E-state index contributed by atoms with van der Waals surface area (Å²) in [6, 6.07) is 13.7. The highest BCUT2D eigenvalue weighted by atomic mass is 31.1. The van der Waals surface area contributed by atoms with Crippen molar-refractivity contribution >= 4 is 19.3 Å². The lowest BCUT2D eigenvalue weighted by atomic mass is 10.0. The zero-order chi connectivity index (χ0) is 17.3. The summed E-state index contributed by atoms with van der Waals surface area (Å²) in [7, 11) is -0.334. The number of hydrogen-bond donors (Lipinski definition) is 0. The molecule has 0 saturated carbocycles. The topological polar surface area (TPSA) is 86.3 Å². The van der Waals surface area contributed by atoms with Gasteiger partial charge in [-0.2, -0.15) is 0 Å². The van der Waals surface area contributed by atoms with E-state index >= 15 is 0 Å². The molecule has 0 bridgehead atoms. The summed E-state index contributed by atoms with van der Waals surface area (Å²) in [5.41, 5.74) is 3.37. The first-order valence-corrected chi connectivity index (χ1v) is 9.60. The van der Waals surface area contributed by atoms with Crippen molar-refractivity contribution in [2.75, 3.05) is 6.66 Å². The molecule has 1 saturated heterocycles. The largest absolute Gasteiger partial charge is 0.269 e. The van der Waals surface area contributed by atoms with Crippen LogP contribution in [0.4, 0.5) is 11.4 Å². The predicted molar refractivity (Wildman–Crippen MR) is 93.8 cm³/mol. The highest BCUT2D eigenvalue weighted by molar-refractivity contribution is 7.58. The van der Waals surface area contributed by atoms with E-state index in [9.17, 15) is 20.2 Å². The molecule has 0 amide bonds. The Hall–Kier alpha value is -2.33. The van der Waals surface area contributed by atoms with Gasteiger partial charge in [0.15, 0.2) is 0 Å². The van der Waals surface area contributed by atoms with Crippen LogP contribution in [0.2, 0.25) is 0 Å². The van der Waals surface area contributed by atoms with Gasteiger partial charge in [0.2, 0.25) is 0 Å². The van der Waals surface area contributed by atoms with Gasteiger partial charge in [-0.15, -0.1) is 0 Å². The average Bonchev–Trinajstić information content (AvgIpc) is 2.96. The number of nitrogens with zero attached hydrogens (tertiary/aromatic N) is 2. The van der Waals surface area contributed by atoms with Crippen molar-refractivity contribution in [1.29, 1.82) is 0 Å². The van der Waals surface area contributed by atoms with E-state index in [0.717, 1.165) is 24.0 Å². The molecule has 24 heavy (non-hydrogen) atoms. The van der Waals surface area contributed by atoms with E-state index in [-0.39, 0.29) is 29.1 Å². The van der Waals surface area contributed by atoms with E-state index in [1.165, 1.54) is 0 Å². The van der Waals surface area contributed by atoms with Crippen LogP contribution in [0.3, 0.4) is 0 Å². The molecule has 2 aromatic carbocycles. The minimum Gasteiger partial charge on any atom is -0.258 e. The molecule has 2 aromatic rings. The highest BCUT2D eigenvalue weighted by Crippen LogP contribution is 2.68. The maximum absolute atomic E-state index is 10.8. The molecule has 2 unspecified atom stereocenters. The maximum Gasteiger partial charge on any atom is 0.269 e. The molecule has 0 radical (unpaired) electrons. The van der Waals surface area contributed by atoms with Gasteiger partial charge in [0.05, 0.1) is 9.85 Å². The SMILES string of the molecule is CP1C(c2ccc([N+](=O)[O-])cc2)CCC1c1ccc([N+](=O)[O-])cc1. The van der Waals surface area contributed by atoms with Gasteiger partial charge < -0.3 is 0 Å². The Morgan fingerprint density at radius 1 is 0.792 bits per heavy atom. The summed E-state index contributed by atoms with van der Waals surface area (Å²) in [5.74, 6) is 0. The molecule has 2 atom stereocenters. The molecule has 1 fully saturated rings. The summed E-state index contributed by atoms with van der Waals surface area (Å²) in [5, 5.41) is 21.5. The van der Waals surface area contributed by atoms with Crippen LogP contribution in [0.15, 0.2) is 48.5 Å². The summed E-state index contributed by atoms with van der Waals surface area (Å²) < 4.78 is 0. The number of rotatable bonds is 4. The Labute approximate surface area is 140 Å². The van der Waals surface area contributed by atoms with Crippen molar-refractivity contribution in [3.63, 3.8) is 0 Å². The van der Waals surface area contributed by atoms with E-state index in [1.54, 1.807) is 24.3 Å². The van der Waals surface area contributed by atoms with Gasteiger partial charge in [-0.05, 0) is 30.6 Å². The number of hydrogen-bond acceptors (Lipinski definition) is 4. The van der Waals surface area contributed by atoms with Crippen molar-refractivity contribution in [2.45, 2.75) is 24.2 Å². The van der Waals surface area contributed by atoms with Crippen LogP contribution in [0, 0.1) is 20.2 Å². The smallest absolute Gasteiger partial charge is 0.258 e. The number of non-ortho nitro benzene ring substituents is 2. The van der Waals surface area contributed by atoms with Gasteiger partial charge in [-0.1, -0.05) is 32.2 Å². The van der Waals surface area contributed by atoms with Crippen molar-refractivity contribution in [1.82, 2.24) is 0 Å². The number of benzene rings is 2. The maximum atomic E-state index is 10.8. The van der Waals surface area contributed by atoms with Crippen molar-refractivity contribution < 1.29 is 9.85 Å². The van der Waals surface area contributed by atoms with Crippen LogP contribution in [0.1, 0.15) is 35.3 Å². The monoisotopic (exact) mass is 344 g/mol. The Balaban J connectivity index is 1.78. The molecule has 1 heterocycles. The molecule has 0 aliphatic carbocycles. The summed E-state index contributed by atoms with van der Waals surface area (Å²) in [4.78, 5) is 20.8. The Morgan fingerprint density at radius 3 is 1.42 bits per heavy atom. The van der Waals surface area contributed by atoms with Crippen LogP contribution >= 0.6 is 7.92 Å². The highest BCUT2D eigenvalue weighted by Gasteiger charge is 2.34. The van der Waals surface area contributed by atoms with Gasteiger partial charge in [0, 0.05) is 35.6 Å². The predicted octanol–water partition coefficient (Wildman–Crippen LogP) is 5.19. The molecule has 0 aromatic heterocycles. The first-order valence-electron chi connectivity index (χ1n) is 7.68. The van der Waals surface area contributed by atoms with E-state index in [2.05, 4.69) is 6.66 Å². The second-order valence-corrected chi connectivity index (χ2v) is 8.55. The van der Waals surface area contributed by atoms with Gasteiger partial charge >= 0.3 is 0 Å². The van der Waals surface area contributed by atoms with Crippen LogP contribution in [-0.2, 0) is 0 Å². The zero-order valence-electron chi connectivity index (χ0n) is 13.2. The Bertz CT molecular complexity index is 696. The van der Waals surface area contributed by atoms with Gasteiger partial charge in [0.25, 0.3) is 11.4 Å². The Morgan fingerprint density at radius 2 is 1.12 bits per heavy atom. The molecule has 0 spiro atoms. The normalized spacial score (nSPS) is 23.1. The summed E-state index contributed by atoms with van der Waals surface area (Å²) in [6.45, 7) is 2.25. The molecule has 3 rings (SSSR count). The number of nitro benzene ring substituents is 2. The number of nitro groups is 2. The third-order valence-corrected chi connectivity index (χ3v) is 7.75. The lowest BCUT2D eigenvalue weighted by Crippen LogP contribution is -1.95. The Kier molecular flexibility index (Phi) is 4.58. The molecule has 124 valence electrons. The fraction of sp³-hybridized carbons (Fsp3) is 0.294. The molecule has 1 aliphatic rings. The minimum absolute atomic E-state index is 0.115. The lowest BCUT2D eigenvalue weighted by Gasteiger charge is -2.22. The average molecular weight is 344 g/mol. The van der Waals surface area contributed by atoms with Crippen LogP contribution < -0.4 is 0 Å². The summed E-state index contributed by atoms with van der Waals surface area (Å²) in [6.07, 6.45) is 2.09. The summed E-state index contributed by atoms with van der Waals surface area (Å²) >= 11 is 0. The van der Waals surface area contributed by atoms with Gasteiger partial charge in [-0.3, -0.25) is 20.2 Å². The molecular formula is C17H17N2O4P. The van der Waals surface area contributed by atoms with E-state index in [4.69, 9.17) is 0 Å². The minimum atomic E-state index is -0.382. The van der Waals surface area contributed by atoms with Crippen LogP contribution in [0.25, 0.3) is 0 Å². The molecule has 1 aliphatic heterocycles. The molecule has 6 nitrogen and oxygen atoms in total. The molecule has 7 heteroatoms. The third kappa shape index (κ3) is 3.15. The van der Waals surface area contributed by atoms with Crippen molar-refractivity contribution in [3.05, 3.63) is 79.9 Å². The standard InChI is InChI=1S/C17H17N2O4P/c1-24-16(12-2-6-14(7-3-12)18(20)21)10-11-17(24)13-4-8-15(9-5-13)19(22)23/h2-9,16-17H,10-11H2,1H3. The fourth-order valence-corrected chi connectivity index (χ4v) is 6.21. The van der Waals surface area contributed by atoms with Crippen molar-refractivity contribution in [3.8, 4) is 0 Å². The first-order chi connectivity index (χ1) is 11.5. The van der Waals surface area contributed by atoms with Crippen molar-refractivity contribution in [2.24, 2.45) is 0 Å². The quantitative estimate of drug-likeness (QED) is 0.434. The van der Waals surface area contributed by atoms with Gasteiger partial charge in [0.1, 0.15) is 0 Å². The molecule has 0 N–H and O–H groups in total. The zero-order valence-corrected chi connectivity index (χ0v) is 14.1. The third-order valence-electron chi connectivity index (χ3n) is 4.67. The second-order valence-electron chi connectivity index (χ2n) is 5.97. The lowest BCUT2D eigenvalue weighted by molar-refractivity contribution is -0.385. The van der Waals surface area contributed by atoms with Crippen LogP contribution in [0.5, 0.6) is 0 Å². The van der Waals surface area contributed by atoms with E-state index < -0.39 is 0 Å².